The van der Waals surface area contributed by atoms with Gasteiger partial charge in [0.25, 0.3) is 18.2 Å². The normalized spacial score (nSPS) is 14.8. The number of nitrogens with one attached hydrogen (secondary N) is 2. The van der Waals surface area contributed by atoms with Crippen LogP contribution in [-0.2, 0) is 13.0 Å². The van der Waals surface area contributed by atoms with Crippen LogP contribution in [0.4, 0.5) is 13.2 Å². The molecule has 2 amide bonds. The van der Waals surface area contributed by atoms with E-state index in [1.54, 1.807) is 0 Å². The summed E-state index contributed by atoms with van der Waals surface area (Å²) in [5.41, 5.74) is 1.61. The first-order valence-corrected chi connectivity index (χ1v) is 9.46. The highest BCUT2D eigenvalue weighted by Crippen LogP contribution is 2.27. The molecule has 11 heteroatoms. The van der Waals surface area contributed by atoms with Crippen molar-refractivity contribution in [3.8, 4) is 0 Å². The van der Waals surface area contributed by atoms with Crippen LogP contribution < -0.4 is 5.32 Å². The summed E-state index contributed by atoms with van der Waals surface area (Å²) >= 11 is 5.78. The maximum Gasteiger partial charge on any atom is 0.290 e. The van der Waals surface area contributed by atoms with E-state index in [0.29, 0.717) is 35.1 Å². The molecule has 0 saturated carbocycles. The molecule has 1 aliphatic heterocycles. The van der Waals surface area contributed by atoms with Crippen LogP contribution in [0.5, 0.6) is 0 Å². The van der Waals surface area contributed by atoms with E-state index in [-0.39, 0.29) is 28.9 Å². The Balaban J connectivity index is 1.56. The number of benzene rings is 1. The van der Waals surface area contributed by atoms with Gasteiger partial charge in [-0.25, -0.2) is 13.2 Å². The molecule has 1 aliphatic rings. The first kappa shape index (κ1) is 20.3. The van der Waals surface area contributed by atoms with Crippen LogP contribution in [0, 0.1) is 5.82 Å². The van der Waals surface area contributed by atoms with Crippen LogP contribution in [-0.4, -0.2) is 45.9 Å². The number of carbonyl (C=O) groups is 2. The Morgan fingerprint density at radius 2 is 2.10 bits per heavy atom. The van der Waals surface area contributed by atoms with Crippen molar-refractivity contribution < 1.29 is 27.3 Å². The van der Waals surface area contributed by atoms with Gasteiger partial charge in [0.1, 0.15) is 11.5 Å². The van der Waals surface area contributed by atoms with Gasteiger partial charge in [0.2, 0.25) is 5.76 Å². The highest BCUT2D eigenvalue weighted by Gasteiger charge is 2.31. The molecule has 7 nitrogen and oxygen atoms in total. The monoisotopic (exact) mass is 440 g/mol. The number of hydrogen-bond acceptors (Lipinski definition) is 4. The SMILES string of the molecule is C[C@@H](NC(=O)c1onc2c1CN(C(=O)c1cc3cc(F)c(Cl)cc3[nH]1)CC2)C(F)F. The average Bonchev–Trinajstić information content (AvgIpc) is 3.31. The largest absolute Gasteiger partial charge is 0.350 e. The summed E-state index contributed by atoms with van der Waals surface area (Å²) < 4.78 is 44.1. The summed E-state index contributed by atoms with van der Waals surface area (Å²) in [6.45, 7) is 1.51. The number of aromatic amines is 1. The molecule has 0 saturated heterocycles. The number of carbonyl (C=O) groups excluding carboxylic acids is 2. The third-order valence-electron chi connectivity index (χ3n) is 4.96. The molecule has 0 unspecified atom stereocenters. The smallest absolute Gasteiger partial charge is 0.290 e. The molecule has 2 N–H and O–H groups in total. The van der Waals surface area contributed by atoms with E-state index in [0.717, 1.165) is 0 Å². The molecule has 0 bridgehead atoms. The van der Waals surface area contributed by atoms with Crippen molar-refractivity contribution in [3.05, 3.63) is 51.8 Å². The van der Waals surface area contributed by atoms with E-state index >= 15 is 0 Å². The summed E-state index contributed by atoms with van der Waals surface area (Å²) in [5.74, 6) is -1.98. The van der Waals surface area contributed by atoms with Crippen LogP contribution in [0.15, 0.2) is 22.7 Å². The fourth-order valence-electron chi connectivity index (χ4n) is 3.31. The third kappa shape index (κ3) is 3.62. The topological polar surface area (TPSA) is 91.2 Å². The lowest BCUT2D eigenvalue weighted by Crippen LogP contribution is -2.39. The number of aromatic nitrogens is 2. The zero-order valence-corrected chi connectivity index (χ0v) is 16.4. The van der Waals surface area contributed by atoms with E-state index < -0.39 is 24.2 Å². The summed E-state index contributed by atoms with van der Waals surface area (Å²) in [6.07, 6.45) is -2.39. The third-order valence-corrected chi connectivity index (χ3v) is 5.25. The van der Waals surface area contributed by atoms with E-state index in [1.807, 2.05) is 0 Å². The Labute approximate surface area is 173 Å². The Kier molecular flexibility index (Phi) is 5.19. The average molecular weight is 441 g/mol. The minimum Gasteiger partial charge on any atom is -0.350 e. The van der Waals surface area contributed by atoms with Gasteiger partial charge >= 0.3 is 0 Å². The number of amides is 2. The van der Waals surface area contributed by atoms with Gasteiger partial charge in [0, 0.05) is 29.4 Å². The number of H-pyrrole nitrogens is 1. The highest BCUT2D eigenvalue weighted by molar-refractivity contribution is 6.31. The van der Waals surface area contributed by atoms with Crippen molar-refractivity contribution >= 4 is 34.3 Å². The second-order valence-electron chi connectivity index (χ2n) is 7.05. The summed E-state index contributed by atoms with van der Waals surface area (Å²) in [4.78, 5) is 29.6. The lowest BCUT2D eigenvalue weighted by atomic mass is 10.0. The van der Waals surface area contributed by atoms with E-state index in [9.17, 15) is 22.8 Å². The molecule has 1 atom stereocenters. The van der Waals surface area contributed by atoms with Gasteiger partial charge in [-0.05, 0) is 25.1 Å². The van der Waals surface area contributed by atoms with Gasteiger partial charge in [-0.1, -0.05) is 16.8 Å². The maximum absolute atomic E-state index is 13.7. The van der Waals surface area contributed by atoms with Gasteiger partial charge in [-0.2, -0.15) is 0 Å². The predicted octanol–water partition coefficient (Wildman–Crippen LogP) is 3.53. The van der Waals surface area contributed by atoms with Crippen molar-refractivity contribution in [2.75, 3.05) is 6.54 Å². The van der Waals surface area contributed by atoms with Gasteiger partial charge in [-0.15, -0.1) is 0 Å². The van der Waals surface area contributed by atoms with E-state index in [1.165, 1.54) is 30.0 Å². The number of nitrogens with zero attached hydrogens (tertiary/aromatic N) is 2. The molecular weight excluding hydrogens is 425 g/mol. The maximum atomic E-state index is 13.7. The van der Waals surface area contributed by atoms with Gasteiger partial charge < -0.3 is 19.7 Å². The Morgan fingerprint density at radius 1 is 1.33 bits per heavy atom. The number of fused-ring (bicyclic) bond motifs is 2. The second-order valence-corrected chi connectivity index (χ2v) is 7.45. The second kappa shape index (κ2) is 7.67. The van der Waals surface area contributed by atoms with Crippen LogP contribution in [0.1, 0.15) is 39.2 Å². The van der Waals surface area contributed by atoms with Crippen molar-refractivity contribution in [2.24, 2.45) is 0 Å². The first-order valence-electron chi connectivity index (χ1n) is 9.08. The van der Waals surface area contributed by atoms with Gasteiger partial charge in [0.15, 0.2) is 0 Å². The summed E-state index contributed by atoms with van der Waals surface area (Å²) in [6, 6.07) is 2.77. The minimum absolute atomic E-state index is 0.0218. The lowest BCUT2D eigenvalue weighted by Gasteiger charge is -2.26. The molecule has 158 valence electrons. The number of hydrogen-bond donors (Lipinski definition) is 2. The molecule has 0 radical (unpaired) electrons. The first-order chi connectivity index (χ1) is 14.2. The van der Waals surface area contributed by atoms with Crippen LogP contribution in [0.25, 0.3) is 10.9 Å². The van der Waals surface area contributed by atoms with Crippen molar-refractivity contribution in [1.29, 1.82) is 0 Å². The van der Waals surface area contributed by atoms with Crippen LogP contribution in [0.3, 0.4) is 0 Å². The fourth-order valence-corrected chi connectivity index (χ4v) is 3.48. The Morgan fingerprint density at radius 3 is 2.83 bits per heavy atom. The molecule has 0 spiro atoms. The number of halogens is 4. The van der Waals surface area contributed by atoms with Gasteiger partial charge in [-0.3, -0.25) is 9.59 Å². The predicted molar refractivity (Wildman–Crippen MR) is 101 cm³/mol. The summed E-state index contributed by atoms with van der Waals surface area (Å²) in [7, 11) is 0. The Hall–Kier alpha value is -3.01. The summed E-state index contributed by atoms with van der Waals surface area (Å²) in [5, 5.41) is 6.40. The Bertz CT molecular complexity index is 1100. The van der Waals surface area contributed by atoms with Crippen LogP contribution in [0.2, 0.25) is 5.02 Å². The molecule has 30 heavy (non-hydrogen) atoms. The van der Waals surface area contributed by atoms with E-state index in [2.05, 4.69) is 15.5 Å². The molecule has 1 aromatic carbocycles. The fraction of sp³-hybridized carbons (Fsp3) is 0.316. The molecule has 3 heterocycles. The highest BCUT2D eigenvalue weighted by atomic mass is 35.5. The van der Waals surface area contributed by atoms with Crippen molar-refractivity contribution in [3.63, 3.8) is 0 Å². The van der Waals surface area contributed by atoms with Crippen LogP contribution >= 0.6 is 11.6 Å². The standard InChI is InChI=1S/C19H16ClF3N4O3/c1-8(17(22)23)24-18(28)16-10-7-27(3-2-13(10)26-30-16)19(29)15-5-9-4-12(21)11(20)6-14(9)25-15/h4-6,8,17,25H,2-3,7H2,1H3,(H,24,28)/t8-/m1/s1. The molecular formula is C19H16ClF3N4O3. The zero-order chi connectivity index (χ0) is 21.6. The molecule has 0 fully saturated rings. The molecule has 0 aliphatic carbocycles. The van der Waals surface area contributed by atoms with Crippen molar-refractivity contribution in [2.45, 2.75) is 32.4 Å². The molecule has 2 aromatic heterocycles. The number of alkyl halides is 2. The van der Waals surface area contributed by atoms with Gasteiger partial charge in [0.05, 0.1) is 23.3 Å². The molecule has 3 aromatic rings. The zero-order valence-electron chi connectivity index (χ0n) is 15.6. The number of rotatable bonds is 4. The quantitative estimate of drug-likeness (QED) is 0.649. The van der Waals surface area contributed by atoms with Crippen molar-refractivity contribution in [1.82, 2.24) is 20.4 Å². The molecule has 4 rings (SSSR count). The van der Waals surface area contributed by atoms with E-state index in [4.69, 9.17) is 16.1 Å². The lowest BCUT2D eigenvalue weighted by molar-refractivity contribution is 0.0716. The minimum atomic E-state index is -2.73.